The smallest absolute Gasteiger partial charge is 0.170 e. The van der Waals surface area contributed by atoms with E-state index in [0.717, 1.165) is 11.1 Å². The molecule has 0 fully saturated rings. The summed E-state index contributed by atoms with van der Waals surface area (Å²) in [6, 6.07) is 12.9. The highest BCUT2D eigenvalue weighted by atomic mass is 16.5. The van der Waals surface area contributed by atoms with E-state index in [9.17, 15) is 4.79 Å². The Kier molecular flexibility index (Phi) is 3.80. The molecule has 0 atom stereocenters. The van der Waals surface area contributed by atoms with Crippen LogP contribution in [0.15, 0.2) is 36.4 Å². The van der Waals surface area contributed by atoms with Gasteiger partial charge in [-0.3, -0.25) is 4.79 Å². The molecular weight excluding hydrogens is 278 g/mol. The van der Waals surface area contributed by atoms with Gasteiger partial charge < -0.3 is 9.47 Å². The normalized spacial score (nSPS) is 13.0. The number of carbonyl (C=O) groups is 1. The third-order valence-corrected chi connectivity index (χ3v) is 3.71. The first-order valence-electron chi connectivity index (χ1n) is 7.10. The molecule has 1 heterocycles. The molecule has 0 aromatic heterocycles. The van der Waals surface area contributed by atoms with Crippen molar-refractivity contribution in [1.29, 1.82) is 5.26 Å². The van der Waals surface area contributed by atoms with Gasteiger partial charge in [-0.05, 0) is 36.8 Å². The molecule has 2 aromatic rings. The molecule has 22 heavy (non-hydrogen) atoms. The maximum atomic E-state index is 11.8. The van der Waals surface area contributed by atoms with Gasteiger partial charge in [0.05, 0.1) is 23.8 Å². The zero-order valence-electron chi connectivity index (χ0n) is 12.3. The van der Waals surface area contributed by atoms with Crippen LogP contribution in [0, 0.1) is 18.3 Å². The maximum absolute atomic E-state index is 11.8. The van der Waals surface area contributed by atoms with Crippen LogP contribution < -0.4 is 9.47 Å². The quantitative estimate of drug-likeness (QED) is 0.870. The molecule has 4 nitrogen and oxygen atoms in total. The molecule has 0 N–H and O–H groups in total. The monoisotopic (exact) mass is 293 g/mol. The van der Waals surface area contributed by atoms with E-state index in [2.05, 4.69) is 6.07 Å². The summed E-state index contributed by atoms with van der Waals surface area (Å²) in [6.07, 6.45) is 0.428. The summed E-state index contributed by atoms with van der Waals surface area (Å²) in [7, 11) is 0. The number of benzene rings is 2. The average molecular weight is 293 g/mol. The summed E-state index contributed by atoms with van der Waals surface area (Å²) in [5.41, 5.74) is 3.09. The number of rotatable bonds is 3. The number of fused-ring (bicyclic) bond motifs is 1. The van der Waals surface area contributed by atoms with Gasteiger partial charge in [0.2, 0.25) is 0 Å². The highest BCUT2D eigenvalue weighted by Crippen LogP contribution is 2.35. The molecule has 1 aliphatic rings. The predicted octanol–water partition coefficient (Wildman–Crippen LogP) is 3.41. The lowest BCUT2D eigenvalue weighted by Gasteiger charge is -2.20. The lowest BCUT2D eigenvalue weighted by atomic mass is 10.0. The number of hydrogen-bond acceptors (Lipinski definition) is 4. The van der Waals surface area contributed by atoms with Gasteiger partial charge in [-0.1, -0.05) is 12.1 Å². The van der Waals surface area contributed by atoms with Crippen molar-refractivity contribution in [3.05, 3.63) is 58.7 Å². The first kappa shape index (κ1) is 14.2. The van der Waals surface area contributed by atoms with Gasteiger partial charge in [-0.25, -0.2) is 0 Å². The molecule has 110 valence electrons. The summed E-state index contributed by atoms with van der Waals surface area (Å²) in [6.45, 7) is 2.72. The van der Waals surface area contributed by atoms with Crippen LogP contribution in [0.1, 0.15) is 33.5 Å². The second-order valence-electron chi connectivity index (χ2n) is 5.18. The minimum Gasteiger partial charge on any atom is -0.492 e. The fraction of sp³-hybridized carbons (Fsp3) is 0.222. The van der Waals surface area contributed by atoms with Gasteiger partial charge in [0.1, 0.15) is 18.1 Å². The standard InChI is InChI=1S/C18H15NO3/c1-12-17(7-6-15-16(20)8-9-21-18(12)15)22-11-14-4-2-13(10-19)3-5-14/h2-7H,8-9,11H2,1H3. The first-order valence-corrected chi connectivity index (χ1v) is 7.10. The van der Waals surface area contributed by atoms with Gasteiger partial charge in [0, 0.05) is 12.0 Å². The molecule has 0 radical (unpaired) electrons. The Hall–Kier alpha value is -2.80. The average Bonchev–Trinajstić information content (AvgIpc) is 2.55. The molecule has 0 bridgehead atoms. The highest BCUT2D eigenvalue weighted by molar-refractivity contribution is 6.00. The number of hydrogen-bond donors (Lipinski definition) is 0. The van der Waals surface area contributed by atoms with Crippen molar-refractivity contribution in [3.63, 3.8) is 0 Å². The Labute approximate surface area is 128 Å². The number of carbonyl (C=O) groups excluding carboxylic acids is 1. The van der Waals surface area contributed by atoms with E-state index >= 15 is 0 Å². The van der Waals surface area contributed by atoms with Crippen molar-refractivity contribution in [2.45, 2.75) is 20.0 Å². The van der Waals surface area contributed by atoms with Crippen LogP contribution in [0.3, 0.4) is 0 Å². The number of nitrogens with zero attached hydrogens (tertiary/aromatic N) is 1. The minimum absolute atomic E-state index is 0.114. The van der Waals surface area contributed by atoms with Crippen LogP contribution >= 0.6 is 0 Å². The fourth-order valence-corrected chi connectivity index (χ4v) is 2.45. The minimum atomic E-state index is 0.114. The third kappa shape index (κ3) is 2.66. The SMILES string of the molecule is Cc1c(OCc2ccc(C#N)cc2)ccc2c1OCCC2=O. The fourth-order valence-electron chi connectivity index (χ4n) is 2.45. The van der Waals surface area contributed by atoms with E-state index in [4.69, 9.17) is 14.7 Å². The largest absolute Gasteiger partial charge is 0.492 e. The van der Waals surface area contributed by atoms with Crippen LogP contribution in [0.4, 0.5) is 0 Å². The molecule has 0 amide bonds. The topological polar surface area (TPSA) is 59.3 Å². The molecule has 0 aliphatic carbocycles. The summed E-state index contributed by atoms with van der Waals surface area (Å²) in [4.78, 5) is 11.8. The van der Waals surface area contributed by atoms with Gasteiger partial charge in [-0.2, -0.15) is 5.26 Å². The lowest BCUT2D eigenvalue weighted by Crippen LogP contribution is -2.16. The van der Waals surface area contributed by atoms with Crippen molar-refractivity contribution >= 4 is 5.78 Å². The Morgan fingerprint density at radius 1 is 1.23 bits per heavy atom. The Morgan fingerprint density at radius 3 is 2.73 bits per heavy atom. The van der Waals surface area contributed by atoms with Gasteiger partial charge in [0.25, 0.3) is 0 Å². The van der Waals surface area contributed by atoms with Crippen molar-refractivity contribution in [1.82, 2.24) is 0 Å². The lowest BCUT2D eigenvalue weighted by molar-refractivity contribution is 0.0932. The zero-order valence-corrected chi connectivity index (χ0v) is 12.3. The molecule has 0 spiro atoms. The van der Waals surface area contributed by atoms with Gasteiger partial charge in [0.15, 0.2) is 5.78 Å². The van der Waals surface area contributed by atoms with Crippen LogP contribution in [0.5, 0.6) is 11.5 Å². The van der Waals surface area contributed by atoms with Gasteiger partial charge in [-0.15, -0.1) is 0 Å². The third-order valence-electron chi connectivity index (χ3n) is 3.71. The molecule has 1 aliphatic heterocycles. The first-order chi connectivity index (χ1) is 10.7. The van der Waals surface area contributed by atoms with Crippen LogP contribution in [-0.4, -0.2) is 12.4 Å². The molecule has 2 aromatic carbocycles. The molecule has 0 unspecified atom stereocenters. The summed E-state index contributed by atoms with van der Waals surface area (Å²) < 4.78 is 11.4. The van der Waals surface area contributed by atoms with E-state index in [0.29, 0.717) is 42.3 Å². The highest BCUT2D eigenvalue weighted by Gasteiger charge is 2.22. The van der Waals surface area contributed by atoms with E-state index < -0.39 is 0 Å². The van der Waals surface area contributed by atoms with Gasteiger partial charge >= 0.3 is 0 Å². The molecule has 3 rings (SSSR count). The number of ketones is 1. The second-order valence-corrected chi connectivity index (χ2v) is 5.18. The number of Topliss-reactive ketones (excluding diaryl/α,β-unsaturated/α-hetero) is 1. The number of ether oxygens (including phenoxy) is 2. The van der Waals surface area contributed by atoms with Crippen LogP contribution in [0.2, 0.25) is 0 Å². The van der Waals surface area contributed by atoms with Crippen molar-refractivity contribution in [2.24, 2.45) is 0 Å². The molecule has 0 saturated heterocycles. The van der Waals surface area contributed by atoms with E-state index in [-0.39, 0.29) is 5.78 Å². The summed E-state index contributed by atoms with van der Waals surface area (Å²) >= 11 is 0. The number of nitriles is 1. The van der Waals surface area contributed by atoms with Crippen molar-refractivity contribution in [3.8, 4) is 17.6 Å². The van der Waals surface area contributed by atoms with E-state index in [1.54, 1.807) is 18.2 Å². The molecular formula is C18H15NO3. The summed E-state index contributed by atoms with van der Waals surface area (Å²) in [5.74, 6) is 1.45. The second kappa shape index (κ2) is 5.90. The molecule has 0 saturated carbocycles. The van der Waals surface area contributed by atoms with E-state index in [1.165, 1.54) is 0 Å². The summed E-state index contributed by atoms with van der Waals surface area (Å²) in [5, 5.41) is 8.78. The Bertz CT molecular complexity index is 757. The van der Waals surface area contributed by atoms with E-state index in [1.807, 2.05) is 25.1 Å². The van der Waals surface area contributed by atoms with Crippen LogP contribution in [-0.2, 0) is 6.61 Å². The zero-order chi connectivity index (χ0) is 15.5. The molecule has 4 heteroatoms. The van der Waals surface area contributed by atoms with Crippen LogP contribution in [0.25, 0.3) is 0 Å². The predicted molar refractivity (Wildman–Crippen MR) is 81.1 cm³/mol. The van der Waals surface area contributed by atoms with Crippen molar-refractivity contribution in [2.75, 3.05) is 6.61 Å². The van der Waals surface area contributed by atoms with Crippen molar-refractivity contribution < 1.29 is 14.3 Å². The maximum Gasteiger partial charge on any atom is 0.170 e. The Morgan fingerprint density at radius 2 is 2.00 bits per heavy atom. The Balaban J connectivity index is 1.78.